The van der Waals surface area contributed by atoms with Crippen LogP contribution in [0.2, 0.25) is 0 Å². The first-order valence-corrected chi connectivity index (χ1v) is 7.69. The third kappa shape index (κ3) is 3.45. The molecule has 2 fully saturated rings. The maximum absolute atomic E-state index is 12.1. The molecule has 0 radical (unpaired) electrons. The van der Waals surface area contributed by atoms with Gasteiger partial charge in [0.15, 0.2) is 0 Å². The second kappa shape index (κ2) is 6.18. The summed E-state index contributed by atoms with van der Waals surface area (Å²) in [4.78, 5) is 12.6. The van der Waals surface area contributed by atoms with Crippen molar-refractivity contribution >= 4 is 23.1 Å². The Morgan fingerprint density at radius 1 is 1.42 bits per heavy atom. The fourth-order valence-corrected chi connectivity index (χ4v) is 3.46. The normalized spacial score (nSPS) is 28.7. The lowest BCUT2D eigenvalue weighted by atomic mass is 9.79. The highest BCUT2D eigenvalue weighted by atomic mass is 32.1. The van der Waals surface area contributed by atoms with E-state index in [2.05, 4.69) is 5.32 Å². The molecule has 0 aliphatic heterocycles. The summed E-state index contributed by atoms with van der Waals surface area (Å²) in [6.45, 7) is 2.76. The molecule has 5 heteroatoms. The van der Waals surface area contributed by atoms with Gasteiger partial charge in [0.05, 0.1) is 16.6 Å². The number of thiocarbonyl (C=S) groups is 1. The Labute approximate surface area is 120 Å². The maximum Gasteiger partial charge on any atom is 0.221 e. The molecule has 0 saturated heterocycles. The first kappa shape index (κ1) is 14.7. The van der Waals surface area contributed by atoms with Gasteiger partial charge in [0.1, 0.15) is 0 Å². The number of nitrogens with one attached hydrogen (secondary N) is 1. The molecule has 19 heavy (non-hydrogen) atoms. The van der Waals surface area contributed by atoms with Gasteiger partial charge in [-0.25, -0.2) is 0 Å². The highest BCUT2D eigenvalue weighted by molar-refractivity contribution is 7.80. The van der Waals surface area contributed by atoms with Crippen LogP contribution in [0.5, 0.6) is 0 Å². The topological polar surface area (TPSA) is 64.3 Å². The average molecular weight is 284 g/mol. The summed E-state index contributed by atoms with van der Waals surface area (Å²) >= 11 is 5.14. The molecule has 0 bridgehead atoms. The number of amides is 1. The number of ether oxygens (including phenoxy) is 1. The molecular weight excluding hydrogens is 260 g/mol. The van der Waals surface area contributed by atoms with E-state index in [-0.39, 0.29) is 5.91 Å². The standard InChI is InChI=1S/C14H24N2O2S/c1-2-18-11-7-10(8-11)9-12(17)16-14(13(15)19)5-3-4-6-14/h10-11H,2-9H2,1H3,(H2,15,19)(H,16,17). The van der Waals surface area contributed by atoms with Crippen molar-refractivity contribution in [2.24, 2.45) is 11.7 Å². The minimum atomic E-state index is -0.407. The fourth-order valence-electron chi connectivity index (χ4n) is 3.20. The van der Waals surface area contributed by atoms with Crippen molar-refractivity contribution in [1.82, 2.24) is 5.32 Å². The third-order valence-corrected chi connectivity index (χ3v) is 4.77. The Kier molecular flexibility index (Phi) is 4.79. The first-order valence-electron chi connectivity index (χ1n) is 7.28. The summed E-state index contributed by atoms with van der Waals surface area (Å²) in [6.07, 6.45) is 6.90. The molecule has 0 spiro atoms. The van der Waals surface area contributed by atoms with Crippen LogP contribution in [0.1, 0.15) is 51.9 Å². The molecule has 0 unspecified atom stereocenters. The van der Waals surface area contributed by atoms with Crippen LogP contribution in [-0.4, -0.2) is 29.1 Å². The quantitative estimate of drug-likeness (QED) is 0.731. The lowest BCUT2D eigenvalue weighted by Crippen LogP contribution is -2.55. The van der Waals surface area contributed by atoms with E-state index < -0.39 is 5.54 Å². The molecule has 1 amide bonds. The number of carbonyl (C=O) groups excluding carboxylic acids is 1. The van der Waals surface area contributed by atoms with Gasteiger partial charge in [-0.1, -0.05) is 25.1 Å². The van der Waals surface area contributed by atoms with Gasteiger partial charge in [-0.15, -0.1) is 0 Å². The van der Waals surface area contributed by atoms with Crippen molar-refractivity contribution in [2.45, 2.75) is 63.5 Å². The molecule has 0 atom stereocenters. The number of hydrogen-bond acceptors (Lipinski definition) is 3. The van der Waals surface area contributed by atoms with E-state index in [1.165, 1.54) is 0 Å². The van der Waals surface area contributed by atoms with Crippen LogP contribution in [0.3, 0.4) is 0 Å². The minimum absolute atomic E-state index is 0.0923. The van der Waals surface area contributed by atoms with Crippen LogP contribution in [-0.2, 0) is 9.53 Å². The Morgan fingerprint density at radius 3 is 2.58 bits per heavy atom. The minimum Gasteiger partial charge on any atom is -0.391 e. The van der Waals surface area contributed by atoms with Crippen molar-refractivity contribution in [1.29, 1.82) is 0 Å². The third-order valence-electron chi connectivity index (χ3n) is 4.38. The van der Waals surface area contributed by atoms with E-state index >= 15 is 0 Å². The molecule has 0 heterocycles. The van der Waals surface area contributed by atoms with Gasteiger partial charge in [0.25, 0.3) is 0 Å². The van der Waals surface area contributed by atoms with Crippen molar-refractivity contribution in [3.63, 3.8) is 0 Å². The largest absolute Gasteiger partial charge is 0.391 e. The Balaban J connectivity index is 1.77. The molecule has 2 aliphatic carbocycles. The summed E-state index contributed by atoms with van der Waals surface area (Å²) in [5.41, 5.74) is 5.41. The van der Waals surface area contributed by atoms with Crippen molar-refractivity contribution in [2.75, 3.05) is 6.61 Å². The van der Waals surface area contributed by atoms with E-state index in [9.17, 15) is 4.79 Å². The molecule has 0 aromatic rings. The molecule has 2 aliphatic rings. The van der Waals surface area contributed by atoms with Gasteiger partial charge in [-0.2, -0.15) is 0 Å². The van der Waals surface area contributed by atoms with E-state index in [1.54, 1.807) is 0 Å². The zero-order valence-corrected chi connectivity index (χ0v) is 12.4. The predicted octanol–water partition coefficient (Wildman–Crippen LogP) is 1.91. The number of hydrogen-bond donors (Lipinski definition) is 2. The lowest BCUT2D eigenvalue weighted by Gasteiger charge is -2.36. The number of nitrogens with two attached hydrogens (primary N) is 1. The van der Waals surface area contributed by atoms with Gasteiger partial charge in [-0.3, -0.25) is 4.79 Å². The van der Waals surface area contributed by atoms with Gasteiger partial charge >= 0.3 is 0 Å². The zero-order chi connectivity index (χ0) is 13.9. The summed E-state index contributed by atoms with van der Waals surface area (Å²) in [5, 5.41) is 3.09. The second-order valence-electron chi connectivity index (χ2n) is 5.82. The van der Waals surface area contributed by atoms with Gasteiger partial charge in [0.2, 0.25) is 5.91 Å². The monoisotopic (exact) mass is 284 g/mol. The van der Waals surface area contributed by atoms with Gasteiger partial charge in [0, 0.05) is 13.0 Å². The van der Waals surface area contributed by atoms with Crippen LogP contribution in [0.25, 0.3) is 0 Å². The van der Waals surface area contributed by atoms with E-state index in [4.69, 9.17) is 22.7 Å². The summed E-state index contributed by atoms with van der Waals surface area (Å²) < 4.78 is 5.51. The molecule has 108 valence electrons. The van der Waals surface area contributed by atoms with Crippen molar-refractivity contribution in [3.8, 4) is 0 Å². The van der Waals surface area contributed by atoms with E-state index in [0.29, 0.717) is 23.4 Å². The summed E-state index contributed by atoms with van der Waals surface area (Å²) in [5.74, 6) is 0.552. The van der Waals surface area contributed by atoms with Crippen LogP contribution in [0.4, 0.5) is 0 Å². The Morgan fingerprint density at radius 2 is 2.05 bits per heavy atom. The van der Waals surface area contributed by atoms with Crippen LogP contribution >= 0.6 is 12.2 Å². The highest BCUT2D eigenvalue weighted by Crippen LogP contribution is 2.34. The molecular formula is C14H24N2O2S. The van der Waals surface area contributed by atoms with Crippen LogP contribution in [0.15, 0.2) is 0 Å². The smallest absolute Gasteiger partial charge is 0.221 e. The lowest BCUT2D eigenvalue weighted by molar-refractivity contribution is -0.125. The molecule has 3 N–H and O–H groups in total. The molecule has 2 saturated carbocycles. The fraction of sp³-hybridized carbons (Fsp3) is 0.857. The maximum atomic E-state index is 12.1. The van der Waals surface area contributed by atoms with Crippen LogP contribution < -0.4 is 11.1 Å². The molecule has 2 rings (SSSR count). The highest BCUT2D eigenvalue weighted by Gasteiger charge is 2.39. The SMILES string of the molecule is CCOC1CC(CC(=O)NC2(C(N)=S)CCCC2)C1. The number of rotatable bonds is 6. The van der Waals surface area contributed by atoms with Gasteiger partial charge < -0.3 is 15.8 Å². The number of carbonyl (C=O) groups is 1. The van der Waals surface area contributed by atoms with Crippen LogP contribution in [0, 0.1) is 5.92 Å². The average Bonchev–Trinajstić information content (AvgIpc) is 2.76. The van der Waals surface area contributed by atoms with Crippen molar-refractivity contribution < 1.29 is 9.53 Å². The summed E-state index contributed by atoms with van der Waals surface area (Å²) in [6, 6.07) is 0. The first-order chi connectivity index (χ1) is 9.05. The zero-order valence-electron chi connectivity index (χ0n) is 11.6. The van der Waals surface area contributed by atoms with E-state index in [0.717, 1.165) is 45.1 Å². The Bertz CT molecular complexity index is 347. The summed E-state index contributed by atoms with van der Waals surface area (Å²) in [7, 11) is 0. The van der Waals surface area contributed by atoms with E-state index in [1.807, 2.05) is 6.92 Å². The Hall–Kier alpha value is -0.680. The predicted molar refractivity (Wildman–Crippen MR) is 78.9 cm³/mol. The van der Waals surface area contributed by atoms with Crippen molar-refractivity contribution in [3.05, 3.63) is 0 Å². The second-order valence-corrected chi connectivity index (χ2v) is 6.26. The molecule has 0 aromatic heterocycles. The molecule has 0 aromatic carbocycles. The molecule has 4 nitrogen and oxygen atoms in total. The van der Waals surface area contributed by atoms with Gasteiger partial charge in [-0.05, 0) is 38.5 Å².